The molecule has 0 spiro atoms. The number of carbonyl (C=O) groups excluding carboxylic acids is 3. The fraction of sp³-hybridized carbons (Fsp3) is 0.690. The maximum Gasteiger partial charge on any atom is 0.259 e. The molecule has 2 bridgehead atoms. The number of hydrogen-bond acceptors (Lipinski definition) is 6. The number of hydrogen-bond donors (Lipinski definition) is 5. The van der Waals surface area contributed by atoms with E-state index >= 15 is 0 Å². The second-order valence-electron chi connectivity index (χ2n) is 11.9. The number of rotatable bonds is 1. The first-order valence-corrected chi connectivity index (χ1v) is 14.0. The summed E-state index contributed by atoms with van der Waals surface area (Å²) in [5.74, 6) is -0.251. The van der Waals surface area contributed by atoms with E-state index in [9.17, 15) is 29.7 Å². The normalized spacial score (nSPS) is 44.3. The lowest BCUT2D eigenvalue weighted by atomic mass is 9.62. The first kappa shape index (κ1) is 26.2. The Balaban J connectivity index is 1.49. The number of nitrogens with one attached hydrogen (secondary N) is 2. The SMILES string of the molecule is CC[C@H]1[C@@H]2[C@H](O)[C@@H](O)[C@H]3[C@H](C[C@H]4C=CC(O)=C5C(=O)N[C@H](CCCNC(=O)C=CC[C@H]34)C5=O)[C@H]2C[C@H]1C. The van der Waals surface area contributed by atoms with Crippen molar-refractivity contribution in [3.8, 4) is 0 Å². The Morgan fingerprint density at radius 1 is 1.00 bits per heavy atom. The molecule has 0 aromatic rings. The molecule has 0 radical (unpaired) electrons. The predicted octanol–water partition coefficient (Wildman–Crippen LogP) is 2.18. The smallest absolute Gasteiger partial charge is 0.259 e. The van der Waals surface area contributed by atoms with Gasteiger partial charge in [-0.05, 0) is 91.6 Å². The highest BCUT2D eigenvalue weighted by Crippen LogP contribution is 2.61. The van der Waals surface area contributed by atoms with Gasteiger partial charge in [-0.25, -0.2) is 0 Å². The number of carbonyl (C=O) groups is 3. The van der Waals surface area contributed by atoms with Crippen molar-refractivity contribution in [1.29, 1.82) is 0 Å². The lowest BCUT2D eigenvalue weighted by molar-refractivity contribution is -0.129. The summed E-state index contributed by atoms with van der Waals surface area (Å²) >= 11 is 0. The molecule has 11 atom stereocenters. The zero-order valence-electron chi connectivity index (χ0n) is 21.7. The molecule has 5 rings (SSSR count). The van der Waals surface area contributed by atoms with Crippen molar-refractivity contribution in [1.82, 2.24) is 10.6 Å². The van der Waals surface area contributed by atoms with E-state index in [4.69, 9.17) is 0 Å². The van der Waals surface area contributed by atoms with Gasteiger partial charge in [-0.15, -0.1) is 0 Å². The average molecular weight is 513 g/mol. The molecule has 5 N–H and O–H groups in total. The molecule has 0 unspecified atom stereocenters. The van der Waals surface area contributed by atoms with E-state index in [0.29, 0.717) is 43.6 Å². The van der Waals surface area contributed by atoms with Gasteiger partial charge in [-0.3, -0.25) is 14.4 Å². The Morgan fingerprint density at radius 3 is 2.49 bits per heavy atom. The van der Waals surface area contributed by atoms with E-state index < -0.39 is 29.9 Å². The summed E-state index contributed by atoms with van der Waals surface area (Å²) in [5.41, 5.74) is -0.213. The van der Waals surface area contributed by atoms with Gasteiger partial charge < -0.3 is 26.0 Å². The third-order valence-electron chi connectivity index (χ3n) is 10.1. The number of amides is 2. The third-order valence-corrected chi connectivity index (χ3v) is 10.1. The van der Waals surface area contributed by atoms with Crippen molar-refractivity contribution in [2.24, 2.45) is 47.3 Å². The van der Waals surface area contributed by atoms with Gasteiger partial charge in [0.15, 0.2) is 5.78 Å². The quantitative estimate of drug-likeness (QED) is 0.342. The second-order valence-corrected chi connectivity index (χ2v) is 11.9. The molecule has 8 nitrogen and oxygen atoms in total. The Bertz CT molecular complexity index is 1030. The lowest BCUT2D eigenvalue weighted by Gasteiger charge is -2.46. The zero-order chi connectivity index (χ0) is 26.4. The third kappa shape index (κ3) is 4.56. The minimum absolute atomic E-state index is 0.0367. The van der Waals surface area contributed by atoms with Crippen molar-refractivity contribution in [2.75, 3.05) is 6.54 Å². The molecule has 0 aromatic carbocycles. The standard InChI is InChI=1S/C29H40N2O6/c1-3-16-14(2)12-18-19-13-15-9-10-21(32)25-26(34)20(31-29(25)37)7-5-11-30-22(33)8-4-6-17(15)24(19)28(36)27(35)23(16)18/h4,8-10,14-20,23-24,27-28,32,35-36H,3,5-7,11-13H2,1-2H3,(H,30,33)(H,31,37)/t14-,15-,16-,17+,18-,19-,20-,23+,24-,27+,28+/m1/s1. The average Bonchev–Trinajstić information content (AvgIpc) is 3.48. The van der Waals surface area contributed by atoms with Crippen LogP contribution in [0, 0.1) is 47.3 Å². The fourth-order valence-electron chi connectivity index (χ4n) is 8.56. The molecule has 2 heterocycles. The van der Waals surface area contributed by atoms with Crippen LogP contribution in [0.15, 0.2) is 35.6 Å². The zero-order valence-corrected chi connectivity index (χ0v) is 21.7. The monoisotopic (exact) mass is 512 g/mol. The summed E-state index contributed by atoms with van der Waals surface area (Å²) in [7, 11) is 0. The van der Waals surface area contributed by atoms with Crippen LogP contribution in [0.1, 0.15) is 52.4 Å². The molecule has 2 amide bonds. The Hall–Kier alpha value is -2.45. The number of ketones is 1. The molecule has 4 fully saturated rings. The van der Waals surface area contributed by atoms with E-state index in [1.807, 2.05) is 12.2 Å². The van der Waals surface area contributed by atoms with Crippen molar-refractivity contribution in [2.45, 2.75) is 70.6 Å². The van der Waals surface area contributed by atoms with Crippen LogP contribution in [0.2, 0.25) is 0 Å². The minimum atomic E-state index is -0.850. The van der Waals surface area contributed by atoms with Crippen molar-refractivity contribution in [3.05, 3.63) is 35.6 Å². The Kier molecular flexibility index (Phi) is 7.33. The van der Waals surface area contributed by atoms with Crippen molar-refractivity contribution < 1.29 is 29.7 Å². The minimum Gasteiger partial charge on any atom is -0.507 e. The molecule has 2 aliphatic heterocycles. The van der Waals surface area contributed by atoms with Crippen LogP contribution in [0.5, 0.6) is 0 Å². The highest BCUT2D eigenvalue weighted by Gasteiger charge is 2.60. The Labute approximate surface area is 218 Å². The van der Waals surface area contributed by atoms with Gasteiger partial charge in [0.2, 0.25) is 5.91 Å². The molecule has 0 aromatic heterocycles. The molecular formula is C29H40N2O6. The van der Waals surface area contributed by atoms with E-state index in [-0.39, 0.29) is 46.8 Å². The van der Waals surface area contributed by atoms with Crippen molar-refractivity contribution >= 4 is 17.6 Å². The Morgan fingerprint density at radius 2 is 1.73 bits per heavy atom. The van der Waals surface area contributed by atoms with Gasteiger partial charge in [0.05, 0.1) is 18.2 Å². The van der Waals surface area contributed by atoms with Crippen LogP contribution < -0.4 is 10.6 Å². The maximum absolute atomic E-state index is 12.8. The molecule has 37 heavy (non-hydrogen) atoms. The highest BCUT2D eigenvalue weighted by atomic mass is 16.3. The van der Waals surface area contributed by atoms with E-state index in [1.54, 1.807) is 0 Å². The number of fused-ring (bicyclic) bond motifs is 7. The fourth-order valence-corrected chi connectivity index (χ4v) is 8.56. The van der Waals surface area contributed by atoms with Gasteiger partial charge in [0, 0.05) is 6.54 Å². The van der Waals surface area contributed by atoms with Crippen LogP contribution >= 0.6 is 0 Å². The van der Waals surface area contributed by atoms with Gasteiger partial charge in [-0.2, -0.15) is 0 Å². The molecule has 3 saturated carbocycles. The number of aliphatic hydroxyl groups is 3. The van der Waals surface area contributed by atoms with E-state index in [1.165, 1.54) is 12.2 Å². The first-order valence-electron chi connectivity index (χ1n) is 14.0. The van der Waals surface area contributed by atoms with Gasteiger partial charge in [-0.1, -0.05) is 32.4 Å². The summed E-state index contributed by atoms with van der Waals surface area (Å²) in [6, 6.07) is -0.704. The predicted molar refractivity (Wildman–Crippen MR) is 137 cm³/mol. The molecule has 202 valence electrons. The lowest BCUT2D eigenvalue weighted by Crippen LogP contribution is -2.52. The van der Waals surface area contributed by atoms with Gasteiger partial charge >= 0.3 is 0 Å². The van der Waals surface area contributed by atoms with Crippen LogP contribution in [-0.4, -0.2) is 57.7 Å². The molecule has 3 aliphatic carbocycles. The summed E-state index contributed by atoms with van der Waals surface area (Å²) < 4.78 is 0. The summed E-state index contributed by atoms with van der Waals surface area (Å²) in [5, 5.41) is 38.9. The summed E-state index contributed by atoms with van der Waals surface area (Å²) in [6.07, 6.45) is 9.33. The molecule has 5 aliphatic rings. The first-order chi connectivity index (χ1) is 17.7. The van der Waals surface area contributed by atoms with Gasteiger partial charge in [0.25, 0.3) is 5.91 Å². The molecule has 1 saturated heterocycles. The molecule has 8 heteroatoms. The number of aliphatic hydroxyl groups excluding tert-OH is 3. The maximum atomic E-state index is 12.8. The van der Waals surface area contributed by atoms with E-state index in [2.05, 4.69) is 24.5 Å². The molecular weight excluding hydrogens is 472 g/mol. The topological polar surface area (TPSA) is 136 Å². The van der Waals surface area contributed by atoms with Crippen LogP contribution in [-0.2, 0) is 14.4 Å². The highest BCUT2D eigenvalue weighted by molar-refractivity contribution is 6.27. The van der Waals surface area contributed by atoms with Crippen LogP contribution in [0.3, 0.4) is 0 Å². The van der Waals surface area contributed by atoms with Crippen LogP contribution in [0.25, 0.3) is 0 Å². The largest absolute Gasteiger partial charge is 0.507 e. The van der Waals surface area contributed by atoms with Crippen LogP contribution in [0.4, 0.5) is 0 Å². The van der Waals surface area contributed by atoms with Gasteiger partial charge in [0.1, 0.15) is 11.3 Å². The second kappa shape index (κ2) is 10.4. The van der Waals surface area contributed by atoms with Crippen molar-refractivity contribution in [3.63, 3.8) is 0 Å². The summed E-state index contributed by atoms with van der Waals surface area (Å²) in [6.45, 7) is 4.78. The number of allylic oxidation sites excluding steroid dienone is 3. The number of Topliss-reactive ketones (excluding diaryl/α,β-unsaturated/α-hetero) is 1. The van der Waals surface area contributed by atoms with E-state index in [0.717, 1.165) is 19.3 Å². The summed E-state index contributed by atoms with van der Waals surface area (Å²) in [4.78, 5) is 37.7.